The van der Waals surface area contributed by atoms with E-state index in [-0.39, 0.29) is 0 Å². The zero-order valence-electron chi connectivity index (χ0n) is 11.1. The van der Waals surface area contributed by atoms with Crippen LogP contribution in [-0.4, -0.2) is 43.8 Å². The summed E-state index contributed by atoms with van der Waals surface area (Å²) >= 11 is 0. The van der Waals surface area contributed by atoms with Gasteiger partial charge in [-0.25, -0.2) is 0 Å². The summed E-state index contributed by atoms with van der Waals surface area (Å²) in [7, 11) is 2.18. The van der Waals surface area contributed by atoms with E-state index in [9.17, 15) is 0 Å². The third-order valence-corrected chi connectivity index (χ3v) is 3.32. The van der Waals surface area contributed by atoms with Crippen LogP contribution in [0.4, 0.5) is 0 Å². The fraction of sp³-hybridized carbons (Fsp3) is 1.00. The summed E-state index contributed by atoms with van der Waals surface area (Å²) in [5.74, 6) is 0.799. The molecule has 3 nitrogen and oxygen atoms in total. The predicted octanol–water partition coefficient (Wildman–Crippen LogP) is 1.86. The summed E-state index contributed by atoms with van der Waals surface area (Å²) in [4.78, 5) is 2.38. The maximum atomic E-state index is 6.00. The van der Waals surface area contributed by atoms with Crippen molar-refractivity contribution >= 4 is 0 Å². The summed E-state index contributed by atoms with van der Waals surface area (Å²) in [5.41, 5.74) is 6.00. The first-order chi connectivity index (χ1) is 7.58. The lowest BCUT2D eigenvalue weighted by Gasteiger charge is -2.30. The van der Waals surface area contributed by atoms with Crippen LogP contribution in [0.15, 0.2) is 0 Å². The third-order valence-electron chi connectivity index (χ3n) is 3.32. The molecule has 16 heavy (non-hydrogen) atoms. The Morgan fingerprint density at radius 1 is 1.38 bits per heavy atom. The topological polar surface area (TPSA) is 38.5 Å². The number of nitrogens with two attached hydrogens (primary N) is 1. The van der Waals surface area contributed by atoms with Crippen LogP contribution in [0.1, 0.15) is 39.5 Å². The highest BCUT2D eigenvalue weighted by molar-refractivity contribution is 4.76. The van der Waals surface area contributed by atoms with Crippen LogP contribution in [0.3, 0.4) is 0 Å². The van der Waals surface area contributed by atoms with Crippen molar-refractivity contribution < 1.29 is 4.74 Å². The highest BCUT2D eigenvalue weighted by atomic mass is 16.5. The minimum absolute atomic E-state index is 0.344. The SMILES string of the molecule is CC(C)OCCN(C)CC1CCCC(N)C1. The molecule has 0 aromatic heterocycles. The van der Waals surface area contributed by atoms with E-state index in [1.165, 1.54) is 32.2 Å². The van der Waals surface area contributed by atoms with E-state index in [1.54, 1.807) is 0 Å². The first-order valence-electron chi connectivity index (χ1n) is 6.63. The molecule has 1 aliphatic rings. The molecular weight excluding hydrogens is 200 g/mol. The molecule has 3 heteroatoms. The molecular formula is C13H28N2O. The molecule has 96 valence electrons. The maximum Gasteiger partial charge on any atom is 0.0596 e. The Morgan fingerprint density at radius 3 is 2.75 bits per heavy atom. The van der Waals surface area contributed by atoms with Crippen molar-refractivity contribution in [2.45, 2.75) is 51.7 Å². The summed E-state index contributed by atoms with van der Waals surface area (Å²) in [6.07, 6.45) is 5.42. The van der Waals surface area contributed by atoms with Gasteiger partial charge in [-0.05, 0) is 46.1 Å². The molecule has 0 radical (unpaired) electrons. The van der Waals surface area contributed by atoms with Gasteiger partial charge >= 0.3 is 0 Å². The average Bonchev–Trinajstić information content (AvgIpc) is 2.16. The van der Waals surface area contributed by atoms with Crippen LogP contribution in [0.2, 0.25) is 0 Å². The van der Waals surface area contributed by atoms with Crippen LogP contribution in [-0.2, 0) is 4.74 Å². The first kappa shape index (κ1) is 13.9. The number of likely N-dealkylation sites (N-methyl/N-ethyl adjacent to an activating group) is 1. The van der Waals surface area contributed by atoms with E-state index in [1.807, 2.05) is 0 Å². The molecule has 2 N–H and O–H groups in total. The van der Waals surface area contributed by atoms with Crippen LogP contribution in [0.25, 0.3) is 0 Å². The molecule has 0 spiro atoms. The van der Waals surface area contributed by atoms with Crippen molar-refractivity contribution in [3.8, 4) is 0 Å². The number of hydrogen-bond donors (Lipinski definition) is 1. The van der Waals surface area contributed by atoms with Crippen LogP contribution in [0.5, 0.6) is 0 Å². The van der Waals surface area contributed by atoms with E-state index in [4.69, 9.17) is 10.5 Å². The smallest absolute Gasteiger partial charge is 0.0596 e. The Balaban J connectivity index is 2.10. The van der Waals surface area contributed by atoms with E-state index < -0.39 is 0 Å². The third kappa shape index (κ3) is 5.83. The van der Waals surface area contributed by atoms with Crippen molar-refractivity contribution in [1.29, 1.82) is 0 Å². The zero-order chi connectivity index (χ0) is 12.0. The molecule has 0 bridgehead atoms. The van der Waals surface area contributed by atoms with Gasteiger partial charge in [0.25, 0.3) is 0 Å². The van der Waals surface area contributed by atoms with Crippen molar-refractivity contribution in [2.75, 3.05) is 26.7 Å². The van der Waals surface area contributed by atoms with Gasteiger partial charge in [0, 0.05) is 19.1 Å². The van der Waals surface area contributed by atoms with Gasteiger partial charge in [0.15, 0.2) is 0 Å². The van der Waals surface area contributed by atoms with Crippen LogP contribution >= 0.6 is 0 Å². The highest BCUT2D eigenvalue weighted by Crippen LogP contribution is 2.23. The standard InChI is InChI=1S/C13H28N2O/c1-11(2)16-8-7-15(3)10-12-5-4-6-13(14)9-12/h11-13H,4-10,14H2,1-3H3. The van der Waals surface area contributed by atoms with Crippen molar-refractivity contribution in [3.05, 3.63) is 0 Å². The van der Waals surface area contributed by atoms with Crippen molar-refractivity contribution in [2.24, 2.45) is 11.7 Å². The highest BCUT2D eigenvalue weighted by Gasteiger charge is 2.20. The zero-order valence-corrected chi connectivity index (χ0v) is 11.1. The Hall–Kier alpha value is -0.120. The van der Waals surface area contributed by atoms with Gasteiger partial charge < -0.3 is 15.4 Å². The fourth-order valence-corrected chi connectivity index (χ4v) is 2.47. The van der Waals surface area contributed by atoms with Gasteiger partial charge in [0.1, 0.15) is 0 Å². The van der Waals surface area contributed by atoms with Gasteiger partial charge in [-0.1, -0.05) is 6.42 Å². The predicted molar refractivity (Wildman–Crippen MR) is 68.5 cm³/mol. The normalized spacial score (nSPS) is 26.6. The molecule has 0 heterocycles. The van der Waals surface area contributed by atoms with E-state index in [0.29, 0.717) is 12.1 Å². The number of rotatable bonds is 6. The molecule has 1 saturated carbocycles. The Labute approximate surface area is 100 Å². The molecule has 0 aliphatic heterocycles. The van der Waals surface area contributed by atoms with E-state index in [2.05, 4.69) is 25.8 Å². The van der Waals surface area contributed by atoms with Crippen molar-refractivity contribution in [3.63, 3.8) is 0 Å². The lowest BCUT2D eigenvalue weighted by atomic mass is 9.86. The second-order valence-corrected chi connectivity index (χ2v) is 5.47. The molecule has 0 saturated heterocycles. The Kier molecular flexibility index (Phi) is 6.32. The molecule has 1 rings (SSSR count). The molecule has 1 fully saturated rings. The molecule has 2 unspecified atom stereocenters. The molecule has 2 atom stereocenters. The Morgan fingerprint density at radius 2 is 2.12 bits per heavy atom. The van der Waals surface area contributed by atoms with Gasteiger partial charge in [0.05, 0.1) is 12.7 Å². The van der Waals surface area contributed by atoms with E-state index in [0.717, 1.165) is 19.1 Å². The largest absolute Gasteiger partial charge is 0.377 e. The second-order valence-electron chi connectivity index (χ2n) is 5.47. The van der Waals surface area contributed by atoms with Gasteiger partial charge in [-0.2, -0.15) is 0 Å². The fourth-order valence-electron chi connectivity index (χ4n) is 2.47. The maximum absolute atomic E-state index is 6.00. The minimum atomic E-state index is 0.344. The number of hydrogen-bond acceptors (Lipinski definition) is 3. The van der Waals surface area contributed by atoms with Gasteiger partial charge in [-0.3, -0.25) is 0 Å². The minimum Gasteiger partial charge on any atom is -0.377 e. The monoisotopic (exact) mass is 228 g/mol. The quantitative estimate of drug-likeness (QED) is 0.754. The van der Waals surface area contributed by atoms with Crippen LogP contribution < -0.4 is 5.73 Å². The second kappa shape index (κ2) is 7.25. The summed E-state index contributed by atoms with van der Waals surface area (Å²) in [5, 5.41) is 0. The Bertz CT molecular complexity index is 185. The number of nitrogens with zero attached hydrogens (tertiary/aromatic N) is 1. The summed E-state index contributed by atoms with van der Waals surface area (Å²) in [6, 6.07) is 0.444. The lowest BCUT2D eigenvalue weighted by molar-refractivity contribution is 0.0596. The van der Waals surface area contributed by atoms with E-state index >= 15 is 0 Å². The lowest BCUT2D eigenvalue weighted by Crippen LogP contribution is -2.35. The van der Waals surface area contributed by atoms with Gasteiger partial charge in [-0.15, -0.1) is 0 Å². The average molecular weight is 228 g/mol. The number of ether oxygens (including phenoxy) is 1. The first-order valence-corrected chi connectivity index (χ1v) is 6.63. The molecule has 0 aromatic rings. The van der Waals surface area contributed by atoms with Crippen molar-refractivity contribution in [1.82, 2.24) is 4.90 Å². The molecule has 1 aliphatic carbocycles. The summed E-state index contributed by atoms with van der Waals surface area (Å²) in [6.45, 7) is 7.21. The summed E-state index contributed by atoms with van der Waals surface area (Å²) < 4.78 is 5.56. The molecule has 0 amide bonds. The van der Waals surface area contributed by atoms with Gasteiger partial charge in [0.2, 0.25) is 0 Å². The van der Waals surface area contributed by atoms with Crippen LogP contribution in [0, 0.1) is 5.92 Å². The molecule has 0 aromatic carbocycles.